The van der Waals surface area contributed by atoms with Gasteiger partial charge in [0.2, 0.25) is 0 Å². The monoisotopic (exact) mass is 586 g/mol. The van der Waals surface area contributed by atoms with Crippen molar-refractivity contribution >= 4 is 50.2 Å². The number of anilines is 1. The van der Waals surface area contributed by atoms with Gasteiger partial charge in [-0.3, -0.25) is 9.36 Å². The zero-order valence-electron chi connectivity index (χ0n) is 20.2. The molecule has 0 spiro atoms. The molecule has 0 aliphatic carbocycles. The van der Waals surface area contributed by atoms with E-state index in [4.69, 9.17) is 21.3 Å². The Kier molecular flexibility index (Phi) is 8.58. The molecule has 1 unspecified atom stereocenters. The van der Waals surface area contributed by atoms with E-state index in [2.05, 4.69) is 21.2 Å². The van der Waals surface area contributed by atoms with Crippen LogP contribution in [0.1, 0.15) is 25.2 Å². The fourth-order valence-electron chi connectivity index (χ4n) is 4.11. The van der Waals surface area contributed by atoms with Gasteiger partial charge in [-0.05, 0) is 61.0 Å². The van der Waals surface area contributed by atoms with Crippen molar-refractivity contribution in [3.05, 3.63) is 98.2 Å². The van der Waals surface area contributed by atoms with E-state index in [9.17, 15) is 14.0 Å². The molecule has 1 atom stereocenters. The third-order valence-corrected chi connectivity index (χ3v) is 6.73. The minimum atomic E-state index is -0.619. The van der Waals surface area contributed by atoms with E-state index in [1.807, 2.05) is 19.1 Å². The van der Waals surface area contributed by atoms with Crippen molar-refractivity contribution < 1.29 is 13.9 Å². The largest absolute Gasteiger partial charge is 0.383 e. The molecule has 4 rings (SSSR count). The number of nitrogens with zero attached hydrogens (tertiary/aromatic N) is 3. The number of amides is 2. The highest BCUT2D eigenvalue weighted by atomic mass is 79.9. The van der Waals surface area contributed by atoms with Crippen molar-refractivity contribution in [1.82, 2.24) is 14.5 Å². The fourth-order valence-corrected chi connectivity index (χ4v) is 4.55. The van der Waals surface area contributed by atoms with Gasteiger partial charge >= 0.3 is 6.03 Å². The molecule has 0 aliphatic rings. The maximum absolute atomic E-state index is 14.0. The Morgan fingerprint density at radius 1 is 1.19 bits per heavy atom. The first-order valence-corrected chi connectivity index (χ1v) is 12.8. The summed E-state index contributed by atoms with van der Waals surface area (Å²) in [4.78, 5) is 33.7. The highest BCUT2D eigenvalue weighted by Crippen LogP contribution is 2.28. The van der Waals surface area contributed by atoms with Gasteiger partial charge in [0, 0.05) is 23.8 Å². The summed E-state index contributed by atoms with van der Waals surface area (Å²) in [5.41, 5.74) is 1.11. The number of halogens is 3. The van der Waals surface area contributed by atoms with Crippen LogP contribution in [0.15, 0.2) is 76.0 Å². The summed E-state index contributed by atoms with van der Waals surface area (Å²) in [6, 6.07) is 17.2. The molecule has 0 saturated carbocycles. The Balaban J connectivity index is 1.87. The van der Waals surface area contributed by atoms with Crippen LogP contribution in [-0.2, 0) is 4.74 Å². The van der Waals surface area contributed by atoms with Crippen molar-refractivity contribution in [2.75, 3.05) is 25.6 Å². The molecule has 7 nitrogen and oxygen atoms in total. The number of carbonyl (C=O) groups excluding carboxylic acids is 1. The molecule has 1 heterocycles. The summed E-state index contributed by atoms with van der Waals surface area (Å²) in [6.45, 7) is 2.41. The number of urea groups is 1. The van der Waals surface area contributed by atoms with Crippen molar-refractivity contribution in [3.63, 3.8) is 0 Å². The maximum Gasteiger partial charge on any atom is 0.322 e. The molecular formula is C27H25BrClFN4O3. The Morgan fingerprint density at radius 2 is 1.92 bits per heavy atom. The fraction of sp³-hybridized carbons (Fsp3) is 0.222. The zero-order chi connectivity index (χ0) is 26.5. The second-order valence-corrected chi connectivity index (χ2v) is 9.60. The SMILES string of the molecule is CCC(c1nc2ccccc2c(=O)n1-c1ccc(F)c(Cl)c1)N(CCOC)C(=O)Nc1ccc(Br)cc1. The summed E-state index contributed by atoms with van der Waals surface area (Å²) in [5.74, 6) is -0.271. The first-order valence-electron chi connectivity index (χ1n) is 11.6. The lowest BCUT2D eigenvalue weighted by molar-refractivity contribution is 0.131. The van der Waals surface area contributed by atoms with Crippen LogP contribution in [0.25, 0.3) is 16.6 Å². The van der Waals surface area contributed by atoms with Crippen LogP contribution in [0.4, 0.5) is 14.9 Å². The average molecular weight is 588 g/mol. The molecule has 3 aromatic carbocycles. The van der Waals surface area contributed by atoms with Gasteiger partial charge in [-0.25, -0.2) is 14.2 Å². The number of ether oxygens (including phenoxy) is 1. The van der Waals surface area contributed by atoms with E-state index in [0.29, 0.717) is 34.5 Å². The number of carbonyl (C=O) groups is 1. The second kappa shape index (κ2) is 11.9. The third-order valence-electron chi connectivity index (χ3n) is 5.92. The highest BCUT2D eigenvalue weighted by Gasteiger charge is 2.29. The van der Waals surface area contributed by atoms with Crippen LogP contribution in [0.3, 0.4) is 0 Å². The molecule has 0 saturated heterocycles. The van der Waals surface area contributed by atoms with Gasteiger partial charge in [0.25, 0.3) is 5.56 Å². The van der Waals surface area contributed by atoms with Gasteiger partial charge in [0.1, 0.15) is 11.6 Å². The number of methoxy groups -OCH3 is 1. The molecule has 0 aliphatic heterocycles. The number of benzene rings is 3. The van der Waals surface area contributed by atoms with Crippen LogP contribution in [0, 0.1) is 5.82 Å². The minimum absolute atomic E-state index is 0.124. The molecule has 0 bridgehead atoms. The molecule has 37 heavy (non-hydrogen) atoms. The summed E-state index contributed by atoms with van der Waals surface area (Å²) in [7, 11) is 1.55. The molecule has 1 N–H and O–H groups in total. The van der Waals surface area contributed by atoms with Gasteiger partial charge in [-0.2, -0.15) is 0 Å². The highest BCUT2D eigenvalue weighted by molar-refractivity contribution is 9.10. The molecule has 4 aromatic rings. The molecule has 2 amide bonds. The first-order chi connectivity index (χ1) is 17.8. The maximum atomic E-state index is 14.0. The van der Waals surface area contributed by atoms with E-state index < -0.39 is 11.9 Å². The van der Waals surface area contributed by atoms with Gasteiger partial charge in [-0.15, -0.1) is 0 Å². The average Bonchev–Trinajstić information content (AvgIpc) is 2.89. The summed E-state index contributed by atoms with van der Waals surface area (Å²) in [6.07, 6.45) is 0.442. The second-order valence-electron chi connectivity index (χ2n) is 8.27. The van der Waals surface area contributed by atoms with Gasteiger partial charge in [0.05, 0.1) is 34.3 Å². The van der Waals surface area contributed by atoms with E-state index in [1.165, 1.54) is 22.8 Å². The predicted molar refractivity (Wildman–Crippen MR) is 147 cm³/mol. The number of hydrogen-bond donors (Lipinski definition) is 1. The zero-order valence-corrected chi connectivity index (χ0v) is 22.6. The van der Waals surface area contributed by atoms with Gasteiger partial charge in [0.15, 0.2) is 0 Å². The quantitative estimate of drug-likeness (QED) is 0.253. The Bertz CT molecular complexity index is 1480. The summed E-state index contributed by atoms with van der Waals surface area (Å²) in [5, 5.41) is 3.18. The van der Waals surface area contributed by atoms with Crippen molar-refractivity contribution in [3.8, 4) is 5.69 Å². The first kappa shape index (κ1) is 26.8. The molecule has 0 radical (unpaired) electrons. The van der Waals surface area contributed by atoms with Crippen molar-refractivity contribution in [2.24, 2.45) is 0 Å². The molecule has 192 valence electrons. The normalized spacial score (nSPS) is 11.9. The Labute approximate surface area is 227 Å². The van der Waals surface area contributed by atoms with E-state index >= 15 is 0 Å². The van der Waals surface area contributed by atoms with E-state index in [1.54, 1.807) is 48.4 Å². The van der Waals surface area contributed by atoms with Crippen molar-refractivity contribution in [1.29, 1.82) is 0 Å². The number of fused-ring (bicyclic) bond motifs is 1. The van der Waals surface area contributed by atoms with Crippen LogP contribution in [-0.4, -0.2) is 40.7 Å². The number of rotatable bonds is 8. The van der Waals surface area contributed by atoms with Crippen LogP contribution in [0.5, 0.6) is 0 Å². The standard InChI is InChI=1S/C27H25BrClFN4O3/c1-3-24(33(14-15-37-2)27(36)31-18-10-8-17(28)9-11-18)25-32-23-7-5-4-6-20(23)26(35)34(25)19-12-13-22(30)21(29)16-19/h4-13,16,24H,3,14-15H2,1-2H3,(H,31,36). The number of aromatic nitrogens is 2. The summed E-state index contributed by atoms with van der Waals surface area (Å²) >= 11 is 9.47. The van der Waals surface area contributed by atoms with Crippen LogP contribution < -0.4 is 10.9 Å². The molecule has 0 fully saturated rings. The minimum Gasteiger partial charge on any atom is -0.383 e. The molecule has 10 heteroatoms. The Morgan fingerprint density at radius 3 is 2.59 bits per heavy atom. The third kappa shape index (κ3) is 5.84. The van der Waals surface area contributed by atoms with Gasteiger partial charge < -0.3 is 15.0 Å². The molecular weight excluding hydrogens is 563 g/mol. The number of nitrogens with one attached hydrogen (secondary N) is 1. The van der Waals surface area contributed by atoms with Crippen molar-refractivity contribution in [2.45, 2.75) is 19.4 Å². The van der Waals surface area contributed by atoms with Gasteiger partial charge in [-0.1, -0.05) is 46.6 Å². The topological polar surface area (TPSA) is 76.5 Å². The lowest BCUT2D eigenvalue weighted by Gasteiger charge is -2.32. The number of para-hydroxylation sites is 1. The number of hydrogen-bond acceptors (Lipinski definition) is 4. The lowest BCUT2D eigenvalue weighted by atomic mass is 10.1. The lowest BCUT2D eigenvalue weighted by Crippen LogP contribution is -2.42. The summed E-state index contributed by atoms with van der Waals surface area (Å²) < 4.78 is 21.5. The smallest absolute Gasteiger partial charge is 0.322 e. The van der Waals surface area contributed by atoms with Crippen LogP contribution >= 0.6 is 27.5 Å². The van der Waals surface area contributed by atoms with E-state index in [0.717, 1.165) is 4.47 Å². The Hall–Kier alpha value is -3.27. The van der Waals surface area contributed by atoms with Crippen LogP contribution in [0.2, 0.25) is 5.02 Å². The predicted octanol–water partition coefficient (Wildman–Crippen LogP) is 6.57. The van der Waals surface area contributed by atoms with E-state index in [-0.39, 0.29) is 29.8 Å². The molecule has 1 aromatic heterocycles.